The third kappa shape index (κ3) is 7.50. The van der Waals surface area contributed by atoms with Crippen LogP contribution in [0, 0.1) is 5.92 Å². The molecule has 1 fully saturated rings. The molecule has 1 unspecified atom stereocenters. The number of likely N-dealkylation sites (tertiary alicyclic amines) is 1. The van der Waals surface area contributed by atoms with E-state index in [2.05, 4.69) is 27.8 Å². The van der Waals surface area contributed by atoms with E-state index < -0.39 is 9.84 Å². The van der Waals surface area contributed by atoms with Gasteiger partial charge in [0.15, 0.2) is 15.8 Å². The van der Waals surface area contributed by atoms with Crippen molar-refractivity contribution < 1.29 is 13.2 Å². The van der Waals surface area contributed by atoms with Gasteiger partial charge < -0.3 is 15.5 Å². The maximum Gasteiger partial charge on any atom is 0.223 e. The highest BCUT2D eigenvalue weighted by molar-refractivity contribution is 7.91. The van der Waals surface area contributed by atoms with Crippen LogP contribution in [0.2, 0.25) is 0 Å². The quantitative estimate of drug-likeness (QED) is 0.446. The number of carbonyl (C=O) groups excluding carboxylic acids is 1. The average molecular weight is 409 g/mol. The van der Waals surface area contributed by atoms with Crippen LogP contribution in [-0.4, -0.2) is 69.4 Å². The topological polar surface area (TPSA) is 90.9 Å². The SMILES string of the molecule is CCNC(=NCC1CC(=O)N(CCc2ccccc2)C1)NCCS(=O)(=O)CC. The second-order valence-electron chi connectivity index (χ2n) is 7.03. The number of nitrogens with zero attached hydrogens (tertiary/aromatic N) is 2. The summed E-state index contributed by atoms with van der Waals surface area (Å²) in [6.07, 6.45) is 1.38. The van der Waals surface area contributed by atoms with Crippen LogP contribution in [0.4, 0.5) is 0 Å². The zero-order valence-corrected chi connectivity index (χ0v) is 17.7. The monoisotopic (exact) mass is 408 g/mol. The van der Waals surface area contributed by atoms with Crippen molar-refractivity contribution in [1.29, 1.82) is 0 Å². The van der Waals surface area contributed by atoms with Crippen molar-refractivity contribution >= 4 is 21.7 Å². The Morgan fingerprint density at radius 3 is 2.64 bits per heavy atom. The number of benzene rings is 1. The molecule has 0 bridgehead atoms. The van der Waals surface area contributed by atoms with E-state index in [0.717, 1.165) is 19.5 Å². The summed E-state index contributed by atoms with van der Waals surface area (Å²) in [6, 6.07) is 10.2. The van der Waals surface area contributed by atoms with Crippen molar-refractivity contribution in [2.75, 3.05) is 44.2 Å². The van der Waals surface area contributed by atoms with E-state index in [0.29, 0.717) is 32.0 Å². The maximum atomic E-state index is 12.3. The minimum atomic E-state index is -3.00. The van der Waals surface area contributed by atoms with Gasteiger partial charge in [0.2, 0.25) is 5.91 Å². The number of guanidine groups is 1. The van der Waals surface area contributed by atoms with Gasteiger partial charge in [-0.05, 0) is 18.9 Å². The fraction of sp³-hybridized carbons (Fsp3) is 0.600. The minimum absolute atomic E-state index is 0.0864. The molecule has 1 aromatic rings. The summed E-state index contributed by atoms with van der Waals surface area (Å²) in [4.78, 5) is 18.7. The Morgan fingerprint density at radius 2 is 1.96 bits per heavy atom. The van der Waals surface area contributed by atoms with Gasteiger partial charge in [-0.2, -0.15) is 0 Å². The Bertz CT molecular complexity index is 750. The first-order valence-corrected chi connectivity index (χ1v) is 11.8. The first-order chi connectivity index (χ1) is 13.4. The lowest BCUT2D eigenvalue weighted by Gasteiger charge is -2.16. The molecule has 1 amide bonds. The number of hydrogen-bond donors (Lipinski definition) is 2. The number of carbonyl (C=O) groups is 1. The molecule has 0 saturated carbocycles. The fourth-order valence-corrected chi connectivity index (χ4v) is 3.83. The molecule has 8 heteroatoms. The average Bonchev–Trinajstić information content (AvgIpc) is 3.05. The van der Waals surface area contributed by atoms with Crippen LogP contribution in [0.15, 0.2) is 35.3 Å². The molecule has 7 nitrogen and oxygen atoms in total. The van der Waals surface area contributed by atoms with E-state index in [-0.39, 0.29) is 23.3 Å². The Balaban J connectivity index is 1.81. The summed E-state index contributed by atoms with van der Waals surface area (Å²) in [5.74, 6) is 1.21. The summed E-state index contributed by atoms with van der Waals surface area (Å²) < 4.78 is 23.2. The van der Waals surface area contributed by atoms with Crippen molar-refractivity contribution in [2.24, 2.45) is 10.9 Å². The Hall–Kier alpha value is -2.09. The molecule has 0 aromatic heterocycles. The number of amides is 1. The zero-order chi connectivity index (χ0) is 20.4. The molecular weight excluding hydrogens is 376 g/mol. The van der Waals surface area contributed by atoms with Crippen LogP contribution in [0.3, 0.4) is 0 Å². The van der Waals surface area contributed by atoms with Crippen molar-refractivity contribution in [3.05, 3.63) is 35.9 Å². The summed E-state index contributed by atoms with van der Waals surface area (Å²) in [7, 11) is -3.00. The molecule has 1 heterocycles. The second-order valence-corrected chi connectivity index (χ2v) is 9.50. The van der Waals surface area contributed by atoms with Crippen LogP contribution in [0.5, 0.6) is 0 Å². The second kappa shape index (κ2) is 11.0. The van der Waals surface area contributed by atoms with Gasteiger partial charge in [0.05, 0.1) is 5.75 Å². The predicted molar refractivity (Wildman–Crippen MR) is 113 cm³/mol. The van der Waals surface area contributed by atoms with Gasteiger partial charge in [-0.15, -0.1) is 0 Å². The molecular formula is C20H32N4O3S. The molecule has 0 radical (unpaired) electrons. The molecule has 1 saturated heterocycles. The molecule has 2 rings (SSSR count). The van der Waals surface area contributed by atoms with E-state index in [1.54, 1.807) is 6.92 Å². The molecule has 0 spiro atoms. The molecule has 1 aliphatic rings. The van der Waals surface area contributed by atoms with Gasteiger partial charge in [-0.1, -0.05) is 37.3 Å². The molecule has 28 heavy (non-hydrogen) atoms. The van der Waals surface area contributed by atoms with E-state index in [4.69, 9.17) is 0 Å². The first-order valence-electron chi connectivity index (χ1n) is 9.97. The maximum absolute atomic E-state index is 12.3. The summed E-state index contributed by atoms with van der Waals surface area (Å²) in [5, 5.41) is 6.19. The number of aliphatic imine (C=N–C) groups is 1. The van der Waals surface area contributed by atoms with Crippen molar-refractivity contribution in [2.45, 2.75) is 26.7 Å². The number of hydrogen-bond acceptors (Lipinski definition) is 4. The highest BCUT2D eigenvalue weighted by atomic mass is 32.2. The molecule has 156 valence electrons. The standard InChI is InChI=1S/C20H32N4O3S/c1-3-21-20(22-11-13-28(26,27)4-2)23-15-18-14-19(25)24(16-18)12-10-17-8-6-5-7-9-17/h5-9,18H,3-4,10-16H2,1-2H3,(H2,21,22,23). The highest BCUT2D eigenvalue weighted by Crippen LogP contribution is 2.18. The summed E-state index contributed by atoms with van der Waals surface area (Å²) in [6.45, 7) is 6.63. The van der Waals surface area contributed by atoms with Gasteiger partial charge in [-0.3, -0.25) is 9.79 Å². The third-order valence-electron chi connectivity index (χ3n) is 4.80. The van der Waals surface area contributed by atoms with Gasteiger partial charge in [-0.25, -0.2) is 8.42 Å². The molecule has 2 N–H and O–H groups in total. The van der Waals surface area contributed by atoms with Crippen LogP contribution < -0.4 is 10.6 Å². The number of nitrogens with one attached hydrogen (secondary N) is 2. The minimum Gasteiger partial charge on any atom is -0.357 e. The largest absolute Gasteiger partial charge is 0.357 e. The lowest BCUT2D eigenvalue weighted by molar-refractivity contribution is -0.127. The molecule has 0 aliphatic carbocycles. The highest BCUT2D eigenvalue weighted by Gasteiger charge is 2.29. The van der Waals surface area contributed by atoms with E-state index in [1.807, 2.05) is 30.0 Å². The molecule has 1 aliphatic heterocycles. The molecule has 1 aromatic carbocycles. The molecule has 1 atom stereocenters. The lowest BCUT2D eigenvalue weighted by atomic mass is 10.1. The van der Waals surface area contributed by atoms with Gasteiger partial charge in [0.1, 0.15) is 0 Å². The lowest BCUT2D eigenvalue weighted by Crippen LogP contribution is -2.40. The van der Waals surface area contributed by atoms with E-state index in [1.165, 1.54) is 5.56 Å². The van der Waals surface area contributed by atoms with Gasteiger partial charge >= 0.3 is 0 Å². The predicted octanol–water partition coefficient (Wildman–Crippen LogP) is 1.07. The fourth-order valence-electron chi connectivity index (χ4n) is 3.13. The van der Waals surface area contributed by atoms with Crippen LogP contribution >= 0.6 is 0 Å². The summed E-state index contributed by atoms with van der Waals surface area (Å²) in [5.41, 5.74) is 1.23. The smallest absolute Gasteiger partial charge is 0.223 e. The Morgan fingerprint density at radius 1 is 1.21 bits per heavy atom. The normalized spacial score (nSPS) is 17.8. The Kier molecular flexibility index (Phi) is 8.76. The number of rotatable bonds is 10. The van der Waals surface area contributed by atoms with Crippen LogP contribution in [0.25, 0.3) is 0 Å². The van der Waals surface area contributed by atoms with Gasteiger partial charge in [0.25, 0.3) is 0 Å². The van der Waals surface area contributed by atoms with Crippen molar-refractivity contribution in [3.63, 3.8) is 0 Å². The van der Waals surface area contributed by atoms with Crippen LogP contribution in [0.1, 0.15) is 25.8 Å². The first kappa shape index (κ1) is 22.2. The van der Waals surface area contributed by atoms with E-state index in [9.17, 15) is 13.2 Å². The zero-order valence-electron chi connectivity index (χ0n) is 16.9. The van der Waals surface area contributed by atoms with Crippen LogP contribution in [-0.2, 0) is 21.1 Å². The number of sulfone groups is 1. The third-order valence-corrected chi connectivity index (χ3v) is 6.51. The van der Waals surface area contributed by atoms with E-state index >= 15 is 0 Å². The van der Waals surface area contributed by atoms with Crippen molar-refractivity contribution in [3.8, 4) is 0 Å². The summed E-state index contributed by atoms with van der Waals surface area (Å²) >= 11 is 0. The van der Waals surface area contributed by atoms with Gasteiger partial charge in [0, 0.05) is 50.8 Å². The Labute approximate surface area is 168 Å². The van der Waals surface area contributed by atoms with Crippen molar-refractivity contribution in [1.82, 2.24) is 15.5 Å².